The van der Waals surface area contributed by atoms with Gasteiger partial charge in [0.2, 0.25) is 0 Å². The monoisotopic (exact) mass is 296 g/mol. The molecule has 19 heavy (non-hydrogen) atoms. The van der Waals surface area contributed by atoms with Crippen molar-refractivity contribution < 1.29 is 69.4 Å². The van der Waals surface area contributed by atoms with Gasteiger partial charge >= 0.3 is 58.4 Å². The maximum atomic E-state index is 12.5. The van der Waals surface area contributed by atoms with E-state index in [9.17, 15) is 18.1 Å². The summed E-state index contributed by atoms with van der Waals surface area (Å²) in [5.41, 5.74) is 0.000272. The molecule has 1 atom stereocenters. The summed E-state index contributed by atoms with van der Waals surface area (Å²) in [4.78, 5) is 0. The van der Waals surface area contributed by atoms with Crippen molar-refractivity contribution in [3.63, 3.8) is 0 Å². The molecule has 1 saturated carbocycles. The second-order valence-electron chi connectivity index (χ2n) is 5.08. The van der Waals surface area contributed by atoms with Gasteiger partial charge in [-0.3, -0.25) is 0 Å². The van der Waals surface area contributed by atoms with Crippen LogP contribution in [0.5, 0.6) is 0 Å². The fraction of sp³-hybridized carbons (Fsp3) is 0.538. The van der Waals surface area contributed by atoms with E-state index in [-0.39, 0.29) is 57.3 Å². The van der Waals surface area contributed by atoms with E-state index in [2.05, 4.69) is 0 Å². The Kier molecular flexibility index (Phi) is 7.10. The van der Waals surface area contributed by atoms with E-state index in [1.165, 1.54) is 18.6 Å². The zero-order valence-electron chi connectivity index (χ0n) is 11.2. The van der Waals surface area contributed by atoms with Gasteiger partial charge in [-0.15, -0.1) is 5.46 Å². The van der Waals surface area contributed by atoms with Crippen LogP contribution in [-0.2, 0) is 0 Å². The third-order valence-corrected chi connectivity index (χ3v) is 3.75. The zero-order chi connectivity index (χ0) is 13.2. The molecule has 1 fully saturated rings. The minimum absolute atomic E-state index is 0. The summed E-state index contributed by atoms with van der Waals surface area (Å²) in [6, 6.07) is 4.95. The fourth-order valence-corrected chi connectivity index (χ4v) is 2.63. The summed E-state index contributed by atoms with van der Waals surface area (Å²) in [5.74, 6) is 0.195. The average molecular weight is 296 g/mol. The van der Waals surface area contributed by atoms with Gasteiger partial charge in [-0.1, -0.05) is 43.5 Å². The van der Waals surface area contributed by atoms with Crippen molar-refractivity contribution >= 4 is 12.4 Å². The maximum absolute atomic E-state index is 12.5. The van der Waals surface area contributed by atoms with Crippen molar-refractivity contribution in [2.45, 2.75) is 38.2 Å². The molecule has 1 N–H and O–H groups in total. The molecule has 1 aromatic carbocycles. The summed E-state index contributed by atoms with van der Waals surface area (Å²) < 4.78 is 37.4. The van der Waals surface area contributed by atoms with E-state index >= 15 is 0 Å². The summed E-state index contributed by atoms with van der Waals surface area (Å²) in [6.45, 7) is -4.94. The Bertz CT molecular complexity index is 388. The quantitative estimate of drug-likeness (QED) is 0.799. The van der Waals surface area contributed by atoms with Crippen molar-refractivity contribution in [1.29, 1.82) is 0 Å². The smallest absolute Gasteiger partial charge is 0.445 e. The van der Waals surface area contributed by atoms with E-state index in [0.717, 1.165) is 37.8 Å². The Hall–Kier alpha value is 0.671. The molecule has 0 saturated heterocycles. The van der Waals surface area contributed by atoms with Crippen LogP contribution in [0.2, 0.25) is 0 Å². The van der Waals surface area contributed by atoms with Crippen molar-refractivity contribution in [2.24, 2.45) is 5.92 Å². The van der Waals surface area contributed by atoms with Gasteiger partial charge in [0.15, 0.2) is 0 Å². The molecule has 0 amide bonds. The molecule has 0 radical (unpaired) electrons. The van der Waals surface area contributed by atoms with Crippen molar-refractivity contribution in [3.8, 4) is 0 Å². The Morgan fingerprint density at radius 3 is 2.00 bits per heavy atom. The molecule has 0 aromatic heterocycles. The van der Waals surface area contributed by atoms with Crippen LogP contribution in [0.25, 0.3) is 0 Å². The molecule has 6 heteroatoms. The molecule has 1 unspecified atom stereocenters. The van der Waals surface area contributed by atoms with E-state index in [0.29, 0.717) is 5.56 Å². The number of hydrogen-bond acceptors (Lipinski definition) is 1. The van der Waals surface area contributed by atoms with Gasteiger partial charge in [-0.25, -0.2) is 0 Å². The number of aliphatic hydroxyl groups is 1. The molecule has 100 valence electrons. The van der Waals surface area contributed by atoms with Crippen LogP contribution in [0, 0.1) is 5.92 Å². The summed E-state index contributed by atoms with van der Waals surface area (Å²) in [7, 11) is 0. The van der Waals surface area contributed by atoms with Gasteiger partial charge in [0.05, 0.1) is 6.10 Å². The average Bonchev–Trinajstić information content (AvgIpc) is 2.38. The van der Waals surface area contributed by atoms with Crippen molar-refractivity contribution in [3.05, 3.63) is 29.8 Å². The molecular weight excluding hydrogens is 279 g/mol. The zero-order valence-corrected chi connectivity index (χ0v) is 14.3. The van der Waals surface area contributed by atoms with Gasteiger partial charge in [-0.2, -0.15) is 0 Å². The third kappa shape index (κ3) is 4.86. The van der Waals surface area contributed by atoms with E-state index in [1.54, 1.807) is 0 Å². The molecular formula is C13H17BF3KO. The third-order valence-electron chi connectivity index (χ3n) is 3.75. The van der Waals surface area contributed by atoms with Crippen molar-refractivity contribution in [2.75, 3.05) is 0 Å². The Morgan fingerprint density at radius 1 is 1.00 bits per heavy atom. The van der Waals surface area contributed by atoms with Crippen LogP contribution >= 0.6 is 0 Å². The molecule has 0 heterocycles. The van der Waals surface area contributed by atoms with Crippen LogP contribution in [-0.4, -0.2) is 12.1 Å². The Morgan fingerprint density at radius 2 is 1.53 bits per heavy atom. The van der Waals surface area contributed by atoms with Gasteiger partial charge < -0.3 is 18.1 Å². The molecule has 1 aliphatic carbocycles. The first-order chi connectivity index (χ1) is 8.48. The fourth-order valence-electron chi connectivity index (χ4n) is 2.63. The number of benzene rings is 1. The first-order valence-electron chi connectivity index (χ1n) is 6.46. The van der Waals surface area contributed by atoms with Crippen LogP contribution in [0.1, 0.15) is 43.8 Å². The van der Waals surface area contributed by atoms with Gasteiger partial charge in [0, 0.05) is 0 Å². The SMILES string of the molecule is OC(c1ccc([B-](F)(F)F)cc1)C1CCCCC1.[K+]. The molecule has 0 spiro atoms. The van der Waals surface area contributed by atoms with E-state index in [1.807, 2.05) is 0 Å². The standard InChI is InChI=1S/C13H17BF3O.K/c15-14(16,17)12-8-6-11(7-9-12)13(18)10-4-2-1-3-5-10;/h6-10,13,18H,1-5H2;/q-1;+1. The van der Waals surface area contributed by atoms with E-state index in [4.69, 9.17) is 0 Å². The van der Waals surface area contributed by atoms with Gasteiger partial charge in [0.1, 0.15) is 0 Å². The summed E-state index contributed by atoms with van der Waals surface area (Å²) in [6.07, 6.45) is 4.70. The number of aliphatic hydroxyl groups excluding tert-OH is 1. The van der Waals surface area contributed by atoms with Crippen LogP contribution in [0.15, 0.2) is 24.3 Å². The first kappa shape index (κ1) is 17.7. The second kappa shape index (κ2) is 7.61. The summed E-state index contributed by atoms with van der Waals surface area (Å²) in [5, 5.41) is 10.2. The van der Waals surface area contributed by atoms with E-state index < -0.39 is 18.5 Å². The number of hydrogen-bond donors (Lipinski definition) is 1. The normalized spacial score (nSPS) is 18.7. The molecule has 0 aliphatic heterocycles. The maximum Gasteiger partial charge on any atom is 1.00 e. The Labute approximate surface area is 154 Å². The van der Waals surface area contributed by atoms with Crippen LogP contribution in [0.3, 0.4) is 0 Å². The summed E-state index contributed by atoms with van der Waals surface area (Å²) >= 11 is 0. The first-order valence-corrected chi connectivity index (χ1v) is 6.46. The largest absolute Gasteiger partial charge is 1.00 e. The number of rotatable bonds is 3. The Balaban J connectivity index is 0.00000180. The van der Waals surface area contributed by atoms with Crippen molar-refractivity contribution in [1.82, 2.24) is 0 Å². The molecule has 0 bridgehead atoms. The van der Waals surface area contributed by atoms with Gasteiger partial charge in [0.25, 0.3) is 0 Å². The molecule has 2 rings (SSSR count). The van der Waals surface area contributed by atoms with Crippen LogP contribution in [0.4, 0.5) is 12.9 Å². The van der Waals surface area contributed by atoms with Crippen LogP contribution < -0.4 is 56.8 Å². The minimum atomic E-state index is -4.94. The minimum Gasteiger partial charge on any atom is -0.445 e. The molecule has 1 aromatic rings. The molecule has 1 nitrogen and oxygen atoms in total. The molecule has 1 aliphatic rings. The second-order valence-corrected chi connectivity index (χ2v) is 5.08. The van der Waals surface area contributed by atoms with Gasteiger partial charge in [-0.05, 0) is 24.3 Å². The number of halogens is 3. The topological polar surface area (TPSA) is 20.2 Å². The predicted octanol–water partition coefficient (Wildman–Crippen LogP) is 0.359. The predicted molar refractivity (Wildman–Crippen MR) is 66.7 cm³/mol.